The van der Waals surface area contributed by atoms with Gasteiger partial charge in [0.05, 0.1) is 17.2 Å². The third kappa shape index (κ3) is 2.18. The lowest BCUT2D eigenvalue weighted by molar-refractivity contribution is 0.162. The third-order valence-corrected chi connectivity index (χ3v) is 2.15. The van der Waals surface area contributed by atoms with E-state index < -0.39 is 18.0 Å². The number of aliphatic hydroxyl groups is 1. The summed E-state index contributed by atoms with van der Waals surface area (Å²) in [6.07, 6.45) is -0.798. The van der Waals surface area contributed by atoms with Crippen molar-refractivity contribution in [3.05, 3.63) is 34.6 Å². The summed E-state index contributed by atoms with van der Waals surface area (Å²) in [5.74, 6) is -0.558. The molecule has 4 heteroatoms. The van der Waals surface area contributed by atoms with Crippen LogP contribution in [0, 0.1) is 5.82 Å². The molecule has 2 nitrogen and oxygen atoms in total. The molecule has 0 aliphatic carbocycles. The quantitative estimate of drug-likeness (QED) is 0.771. The van der Waals surface area contributed by atoms with E-state index >= 15 is 0 Å². The van der Waals surface area contributed by atoms with Crippen LogP contribution in [-0.2, 0) is 0 Å². The summed E-state index contributed by atoms with van der Waals surface area (Å²) in [5, 5.41) is 9.18. The summed E-state index contributed by atoms with van der Waals surface area (Å²) in [5.41, 5.74) is 5.80. The van der Waals surface area contributed by atoms with E-state index in [1.165, 1.54) is 19.1 Å². The SMILES string of the molecule is C[C@H](O)[C@H](N)c1cccc(Cl)c1F. The van der Waals surface area contributed by atoms with Crippen LogP contribution in [0.15, 0.2) is 18.2 Å². The van der Waals surface area contributed by atoms with Crippen LogP contribution in [0.5, 0.6) is 0 Å². The van der Waals surface area contributed by atoms with Gasteiger partial charge in [0.1, 0.15) is 5.82 Å². The first-order chi connectivity index (χ1) is 6.04. The van der Waals surface area contributed by atoms with E-state index in [1.54, 1.807) is 6.07 Å². The second kappa shape index (κ2) is 4.05. The lowest BCUT2D eigenvalue weighted by atomic mass is 10.0. The van der Waals surface area contributed by atoms with Crippen LogP contribution in [0.4, 0.5) is 4.39 Å². The minimum absolute atomic E-state index is 0.0219. The van der Waals surface area contributed by atoms with Gasteiger partial charge in [0.2, 0.25) is 0 Å². The molecule has 0 fully saturated rings. The highest BCUT2D eigenvalue weighted by Gasteiger charge is 2.17. The maximum atomic E-state index is 13.3. The first-order valence-corrected chi connectivity index (χ1v) is 4.29. The van der Waals surface area contributed by atoms with Gasteiger partial charge < -0.3 is 10.8 Å². The number of hydrogen-bond donors (Lipinski definition) is 2. The van der Waals surface area contributed by atoms with E-state index in [9.17, 15) is 4.39 Å². The van der Waals surface area contributed by atoms with Crippen LogP contribution >= 0.6 is 11.6 Å². The van der Waals surface area contributed by atoms with Crippen LogP contribution in [-0.4, -0.2) is 11.2 Å². The average Bonchev–Trinajstić information content (AvgIpc) is 2.08. The van der Waals surface area contributed by atoms with Gasteiger partial charge in [-0.3, -0.25) is 0 Å². The highest BCUT2D eigenvalue weighted by molar-refractivity contribution is 6.30. The van der Waals surface area contributed by atoms with E-state index in [0.717, 1.165) is 0 Å². The summed E-state index contributed by atoms with van der Waals surface area (Å²) in [4.78, 5) is 0. The van der Waals surface area contributed by atoms with Crippen LogP contribution < -0.4 is 5.73 Å². The normalized spacial score (nSPS) is 15.5. The van der Waals surface area contributed by atoms with E-state index in [-0.39, 0.29) is 10.6 Å². The zero-order valence-electron chi connectivity index (χ0n) is 7.17. The molecule has 1 aromatic carbocycles. The van der Waals surface area contributed by atoms with Gasteiger partial charge in [0.15, 0.2) is 0 Å². The second-order valence-corrected chi connectivity index (χ2v) is 3.32. The zero-order chi connectivity index (χ0) is 10.0. The Morgan fingerprint density at radius 1 is 1.54 bits per heavy atom. The summed E-state index contributed by atoms with van der Waals surface area (Å²) < 4.78 is 13.3. The molecule has 0 saturated carbocycles. The lowest BCUT2D eigenvalue weighted by Gasteiger charge is -2.15. The van der Waals surface area contributed by atoms with Gasteiger partial charge in [-0.05, 0) is 13.0 Å². The monoisotopic (exact) mass is 203 g/mol. The Hall–Kier alpha value is -0.640. The summed E-state index contributed by atoms with van der Waals surface area (Å²) in [7, 11) is 0. The molecule has 0 bridgehead atoms. The van der Waals surface area contributed by atoms with Crippen molar-refractivity contribution in [3.63, 3.8) is 0 Å². The van der Waals surface area contributed by atoms with Gasteiger partial charge in [-0.15, -0.1) is 0 Å². The molecule has 3 N–H and O–H groups in total. The van der Waals surface area contributed by atoms with Gasteiger partial charge in [-0.1, -0.05) is 23.7 Å². The molecule has 0 aliphatic heterocycles. The van der Waals surface area contributed by atoms with Crippen LogP contribution in [0.25, 0.3) is 0 Å². The fourth-order valence-electron chi connectivity index (χ4n) is 1.04. The van der Waals surface area contributed by atoms with Crippen molar-refractivity contribution >= 4 is 11.6 Å². The van der Waals surface area contributed by atoms with Gasteiger partial charge in [0, 0.05) is 5.56 Å². The Labute approximate surface area is 81.1 Å². The average molecular weight is 204 g/mol. The first-order valence-electron chi connectivity index (χ1n) is 3.91. The molecule has 1 rings (SSSR count). The molecule has 0 saturated heterocycles. The molecule has 0 aliphatic rings. The number of rotatable bonds is 2. The van der Waals surface area contributed by atoms with Crippen LogP contribution in [0.3, 0.4) is 0 Å². The summed E-state index contributed by atoms with van der Waals surface area (Å²) in [6, 6.07) is 3.82. The second-order valence-electron chi connectivity index (χ2n) is 2.91. The largest absolute Gasteiger partial charge is 0.391 e. The Morgan fingerprint density at radius 2 is 2.15 bits per heavy atom. The van der Waals surface area contributed by atoms with Crippen molar-refractivity contribution in [2.45, 2.75) is 19.1 Å². The van der Waals surface area contributed by atoms with Crippen molar-refractivity contribution in [2.24, 2.45) is 5.73 Å². The van der Waals surface area contributed by atoms with Gasteiger partial charge in [-0.2, -0.15) is 0 Å². The predicted octanol–water partition coefficient (Wildman–Crippen LogP) is 1.86. The zero-order valence-corrected chi connectivity index (χ0v) is 7.92. The summed E-state index contributed by atoms with van der Waals surface area (Å²) >= 11 is 5.55. The maximum Gasteiger partial charge on any atom is 0.146 e. The minimum Gasteiger partial charge on any atom is -0.391 e. The first kappa shape index (κ1) is 10.4. The minimum atomic E-state index is -0.798. The molecular weight excluding hydrogens is 193 g/mol. The van der Waals surface area contributed by atoms with E-state index in [4.69, 9.17) is 22.4 Å². The molecule has 72 valence electrons. The molecule has 0 unspecified atom stereocenters. The molecule has 0 aromatic heterocycles. The Bertz CT molecular complexity index is 304. The molecule has 0 radical (unpaired) electrons. The summed E-state index contributed by atoms with van der Waals surface area (Å²) in [6.45, 7) is 1.50. The lowest BCUT2D eigenvalue weighted by Crippen LogP contribution is -2.24. The topological polar surface area (TPSA) is 46.2 Å². The molecular formula is C9H11ClFNO. The fraction of sp³-hybridized carbons (Fsp3) is 0.333. The molecule has 13 heavy (non-hydrogen) atoms. The number of nitrogens with two attached hydrogens (primary N) is 1. The van der Waals surface area contributed by atoms with Gasteiger partial charge in [0.25, 0.3) is 0 Å². The fourth-order valence-corrected chi connectivity index (χ4v) is 1.22. The van der Waals surface area contributed by atoms with Gasteiger partial charge >= 0.3 is 0 Å². The Balaban J connectivity index is 3.07. The number of halogens is 2. The molecule has 2 atom stereocenters. The molecule has 0 amide bonds. The maximum absolute atomic E-state index is 13.3. The van der Waals surface area contributed by atoms with Crippen molar-refractivity contribution in [1.82, 2.24) is 0 Å². The molecule has 1 aromatic rings. The van der Waals surface area contributed by atoms with E-state index in [1.807, 2.05) is 0 Å². The van der Waals surface area contributed by atoms with Crippen LogP contribution in [0.2, 0.25) is 5.02 Å². The molecule has 0 heterocycles. The van der Waals surface area contributed by atoms with Crippen molar-refractivity contribution in [3.8, 4) is 0 Å². The van der Waals surface area contributed by atoms with Crippen LogP contribution in [0.1, 0.15) is 18.5 Å². The van der Waals surface area contributed by atoms with Crippen molar-refractivity contribution in [1.29, 1.82) is 0 Å². The molecule has 0 spiro atoms. The number of benzene rings is 1. The number of aliphatic hydroxyl groups excluding tert-OH is 1. The van der Waals surface area contributed by atoms with E-state index in [0.29, 0.717) is 0 Å². The number of hydrogen-bond acceptors (Lipinski definition) is 2. The standard InChI is InChI=1S/C9H11ClFNO/c1-5(13)9(12)6-3-2-4-7(10)8(6)11/h2-5,9,13H,12H2,1H3/t5-,9-/m0/s1. The highest BCUT2D eigenvalue weighted by Crippen LogP contribution is 2.23. The van der Waals surface area contributed by atoms with Crippen molar-refractivity contribution < 1.29 is 9.50 Å². The predicted molar refractivity (Wildman–Crippen MR) is 50.0 cm³/mol. The Morgan fingerprint density at radius 3 is 2.69 bits per heavy atom. The van der Waals surface area contributed by atoms with E-state index in [2.05, 4.69) is 0 Å². The highest BCUT2D eigenvalue weighted by atomic mass is 35.5. The van der Waals surface area contributed by atoms with Gasteiger partial charge in [-0.25, -0.2) is 4.39 Å². The Kier molecular flexibility index (Phi) is 3.25. The third-order valence-electron chi connectivity index (χ3n) is 1.86. The van der Waals surface area contributed by atoms with Crippen molar-refractivity contribution in [2.75, 3.05) is 0 Å². The smallest absolute Gasteiger partial charge is 0.146 e.